The predicted octanol–water partition coefficient (Wildman–Crippen LogP) is 7.30. The van der Waals surface area contributed by atoms with Crippen LogP contribution in [0, 0.1) is 6.92 Å². The normalized spacial score (nSPS) is 14.3. The highest BCUT2D eigenvalue weighted by Gasteiger charge is 2.33. The number of hydrogen-bond donors (Lipinski definition) is 1. The van der Waals surface area contributed by atoms with E-state index in [4.69, 9.17) is 19.2 Å². The zero-order valence-electron chi connectivity index (χ0n) is 26.5. The molecule has 0 saturated heterocycles. The number of methoxy groups -OCH3 is 2. The van der Waals surface area contributed by atoms with Gasteiger partial charge in [0.05, 0.1) is 40.5 Å². The molecule has 0 saturated carbocycles. The first kappa shape index (κ1) is 33.5. The highest BCUT2D eigenvalue weighted by atomic mass is 79.9. The molecular weight excluding hydrogens is 758 g/mol. The third kappa shape index (κ3) is 6.76. The van der Waals surface area contributed by atoms with Gasteiger partial charge in [-0.05, 0) is 82.9 Å². The SMILES string of the molecule is COc1ccc([C@H]2C(C(=O)Nc3ccccc3C)=C(C)N=c3s/c(=C\c4cc(Br)cc(Br)c4OCc4ccccc4)c(=O)n32)cc1OC. The van der Waals surface area contributed by atoms with Gasteiger partial charge < -0.3 is 19.5 Å². The van der Waals surface area contributed by atoms with Gasteiger partial charge in [-0.25, -0.2) is 4.99 Å². The minimum absolute atomic E-state index is 0.294. The van der Waals surface area contributed by atoms with Crippen LogP contribution < -0.4 is 34.4 Å². The number of carbonyl (C=O) groups is 1. The van der Waals surface area contributed by atoms with Crippen molar-refractivity contribution < 1.29 is 19.0 Å². The zero-order valence-corrected chi connectivity index (χ0v) is 30.5. The Labute approximate surface area is 298 Å². The van der Waals surface area contributed by atoms with Crippen LogP contribution in [-0.2, 0) is 11.4 Å². The van der Waals surface area contributed by atoms with Crippen LogP contribution in [0.3, 0.4) is 0 Å². The molecule has 4 aromatic carbocycles. The molecule has 1 N–H and O–H groups in total. The molecule has 0 fully saturated rings. The average molecular weight is 790 g/mol. The van der Waals surface area contributed by atoms with Crippen molar-refractivity contribution in [3.05, 3.63) is 147 Å². The number of anilines is 1. The Bertz CT molecular complexity index is 2250. The topological polar surface area (TPSA) is 91.2 Å². The van der Waals surface area contributed by atoms with Crippen molar-refractivity contribution in [2.75, 3.05) is 19.5 Å². The maximum Gasteiger partial charge on any atom is 0.271 e. The van der Waals surface area contributed by atoms with Gasteiger partial charge in [-0.15, -0.1) is 0 Å². The maximum atomic E-state index is 14.4. The molecule has 0 spiro atoms. The van der Waals surface area contributed by atoms with Crippen molar-refractivity contribution in [2.24, 2.45) is 4.99 Å². The molecule has 1 aromatic heterocycles. The van der Waals surface area contributed by atoms with Gasteiger partial charge in [0.1, 0.15) is 12.4 Å². The lowest BCUT2D eigenvalue weighted by molar-refractivity contribution is -0.113. The Balaban J connectivity index is 1.50. The summed E-state index contributed by atoms with van der Waals surface area (Å²) in [4.78, 5) is 33.8. The molecule has 1 amide bonds. The maximum absolute atomic E-state index is 14.4. The van der Waals surface area contributed by atoms with Crippen molar-refractivity contribution in [3.63, 3.8) is 0 Å². The lowest BCUT2D eigenvalue weighted by Gasteiger charge is -2.26. The van der Waals surface area contributed by atoms with Gasteiger partial charge in [0.2, 0.25) is 0 Å². The van der Waals surface area contributed by atoms with E-state index < -0.39 is 6.04 Å². The standard InChI is InChI=1S/C37H31Br2N3O5S/c1-21-10-8-9-13-28(21)41-35(43)32-22(2)40-37-42(33(32)24-14-15-29(45-3)30(17-24)46-4)36(44)31(48-37)18-25-16-26(38)19-27(39)34(25)47-20-23-11-6-5-7-12-23/h5-19,33H,20H2,1-4H3,(H,41,43)/b31-18-/t33-/m0/s1. The van der Waals surface area contributed by atoms with E-state index in [0.717, 1.165) is 20.1 Å². The molecule has 0 unspecified atom stereocenters. The van der Waals surface area contributed by atoms with Crippen LogP contribution in [0.15, 0.2) is 115 Å². The summed E-state index contributed by atoms with van der Waals surface area (Å²) in [6, 6.07) is 25.8. The van der Waals surface area contributed by atoms with E-state index in [1.165, 1.54) is 11.3 Å². The van der Waals surface area contributed by atoms with E-state index in [1.54, 1.807) is 43.9 Å². The second-order valence-electron chi connectivity index (χ2n) is 11.0. The van der Waals surface area contributed by atoms with Crippen LogP contribution in [-0.4, -0.2) is 24.7 Å². The molecule has 11 heteroatoms. The van der Waals surface area contributed by atoms with Crippen LogP contribution in [0.1, 0.15) is 35.2 Å². The number of allylic oxidation sites excluding steroid dienone is 1. The monoisotopic (exact) mass is 787 g/mol. The molecule has 48 heavy (non-hydrogen) atoms. The van der Waals surface area contributed by atoms with Crippen molar-refractivity contribution in [1.29, 1.82) is 0 Å². The summed E-state index contributed by atoms with van der Waals surface area (Å²) in [5.41, 5.74) is 4.53. The fourth-order valence-electron chi connectivity index (χ4n) is 5.56. The van der Waals surface area contributed by atoms with E-state index in [-0.39, 0.29) is 11.5 Å². The number of benzene rings is 4. The molecule has 5 aromatic rings. The Hall–Kier alpha value is -4.45. The van der Waals surface area contributed by atoms with Crippen molar-refractivity contribution >= 4 is 60.9 Å². The number of amides is 1. The van der Waals surface area contributed by atoms with Gasteiger partial charge in [0.25, 0.3) is 11.5 Å². The highest BCUT2D eigenvalue weighted by molar-refractivity contribution is 9.11. The first-order valence-corrected chi connectivity index (χ1v) is 17.4. The minimum Gasteiger partial charge on any atom is -0.493 e. The second kappa shape index (κ2) is 14.3. The number of nitrogens with one attached hydrogen (secondary N) is 1. The highest BCUT2D eigenvalue weighted by Crippen LogP contribution is 2.37. The summed E-state index contributed by atoms with van der Waals surface area (Å²) in [5.74, 6) is 1.25. The smallest absolute Gasteiger partial charge is 0.271 e. The molecule has 244 valence electrons. The number of thiazole rings is 1. The number of hydrogen-bond acceptors (Lipinski definition) is 7. The summed E-state index contributed by atoms with van der Waals surface area (Å²) in [5, 5.41) is 3.05. The molecule has 0 aliphatic carbocycles. The van der Waals surface area contributed by atoms with E-state index >= 15 is 0 Å². The Morgan fingerprint density at radius 3 is 2.42 bits per heavy atom. The van der Waals surface area contributed by atoms with Gasteiger partial charge in [0.15, 0.2) is 16.3 Å². The lowest BCUT2D eigenvalue weighted by Crippen LogP contribution is -2.40. The first-order chi connectivity index (χ1) is 23.2. The Morgan fingerprint density at radius 2 is 1.69 bits per heavy atom. The van der Waals surface area contributed by atoms with Crippen LogP contribution in [0.5, 0.6) is 17.2 Å². The number of carbonyl (C=O) groups excluding carboxylic acids is 1. The number of nitrogens with zero attached hydrogens (tertiary/aromatic N) is 2. The molecule has 0 bridgehead atoms. The van der Waals surface area contributed by atoms with E-state index in [0.29, 0.717) is 61.3 Å². The van der Waals surface area contributed by atoms with Crippen molar-refractivity contribution in [3.8, 4) is 17.2 Å². The predicted molar refractivity (Wildman–Crippen MR) is 196 cm³/mol. The van der Waals surface area contributed by atoms with Crippen molar-refractivity contribution in [1.82, 2.24) is 4.57 Å². The van der Waals surface area contributed by atoms with Crippen LogP contribution in [0.25, 0.3) is 6.08 Å². The summed E-state index contributed by atoms with van der Waals surface area (Å²) in [7, 11) is 3.11. The van der Waals surface area contributed by atoms with Crippen LogP contribution in [0.4, 0.5) is 5.69 Å². The minimum atomic E-state index is -0.796. The van der Waals surface area contributed by atoms with Crippen molar-refractivity contribution in [2.45, 2.75) is 26.5 Å². The fourth-order valence-corrected chi connectivity index (χ4v) is 7.97. The van der Waals surface area contributed by atoms with Gasteiger partial charge in [-0.3, -0.25) is 14.2 Å². The number of para-hydroxylation sites is 1. The zero-order chi connectivity index (χ0) is 33.9. The number of aryl methyl sites for hydroxylation is 1. The molecule has 1 aliphatic rings. The van der Waals surface area contributed by atoms with Gasteiger partial charge in [-0.2, -0.15) is 0 Å². The molecule has 6 rings (SSSR count). The fraction of sp³-hybridized carbons (Fsp3) is 0.162. The van der Waals surface area contributed by atoms with E-state index in [2.05, 4.69) is 37.2 Å². The summed E-state index contributed by atoms with van der Waals surface area (Å²) in [6.07, 6.45) is 1.80. The molecule has 8 nitrogen and oxygen atoms in total. The Morgan fingerprint density at radius 1 is 0.958 bits per heavy atom. The van der Waals surface area contributed by atoms with E-state index in [9.17, 15) is 9.59 Å². The van der Waals surface area contributed by atoms with E-state index in [1.807, 2.05) is 79.7 Å². The molecule has 1 aliphatic heterocycles. The van der Waals surface area contributed by atoms with Gasteiger partial charge in [-0.1, -0.05) is 81.9 Å². The number of rotatable bonds is 9. The van der Waals surface area contributed by atoms with Crippen LogP contribution >= 0.6 is 43.2 Å². The number of aromatic nitrogens is 1. The first-order valence-electron chi connectivity index (χ1n) is 15.0. The summed E-state index contributed by atoms with van der Waals surface area (Å²) in [6.45, 7) is 4.06. The summed E-state index contributed by atoms with van der Waals surface area (Å²) >= 11 is 8.48. The third-order valence-electron chi connectivity index (χ3n) is 7.93. The van der Waals surface area contributed by atoms with Crippen LogP contribution in [0.2, 0.25) is 0 Å². The molecule has 1 atom stereocenters. The van der Waals surface area contributed by atoms with Gasteiger partial charge in [0, 0.05) is 15.7 Å². The largest absolute Gasteiger partial charge is 0.493 e. The molecule has 2 heterocycles. The lowest BCUT2D eigenvalue weighted by atomic mass is 9.94. The number of ether oxygens (including phenoxy) is 3. The third-order valence-corrected chi connectivity index (χ3v) is 9.96. The summed E-state index contributed by atoms with van der Waals surface area (Å²) < 4.78 is 20.9. The average Bonchev–Trinajstić information content (AvgIpc) is 3.38. The Kier molecular flexibility index (Phi) is 10.00. The molecular formula is C37H31Br2N3O5S. The van der Waals surface area contributed by atoms with Gasteiger partial charge >= 0.3 is 0 Å². The second-order valence-corrected chi connectivity index (χ2v) is 13.8. The molecule has 0 radical (unpaired) electrons. The quantitative estimate of drug-likeness (QED) is 0.169. The number of halogens is 2. The number of fused-ring (bicyclic) bond motifs is 1.